The number of hydrogen-bond acceptors (Lipinski definition) is 17. The number of benzene rings is 4. The van der Waals surface area contributed by atoms with Crippen LogP contribution in [0.5, 0.6) is 0 Å². The van der Waals surface area contributed by atoms with Crippen molar-refractivity contribution in [2.24, 2.45) is 0 Å². The van der Waals surface area contributed by atoms with Crippen LogP contribution in [0.1, 0.15) is 52.9 Å². The van der Waals surface area contributed by atoms with Gasteiger partial charge < -0.3 is 42.0 Å². The van der Waals surface area contributed by atoms with Crippen molar-refractivity contribution in [3.63, 3.8) is 0 Å². The van der Waals surface area contributed by atoms with E-state index in [1.807, 2.05) is 30.3 Å². The van der Waals surface area contributed by atoms with Crippen molar-refractivity contribution in [2.75, 3.05) is 10.6 Å². The first-order valence-electron chi connectivity index (χ1n) is 25.6. The molecule has 10 aromatic heterocycles. The second-order valence-corrected chi connectivity index (χ2v) is 21.3. The third-order valence-corrected chi connectivity index (χ3v) is 13.6. The van der Waals surface area contributed by atoms with Gasteiger partial charge in [-0.25, -0.2) is 57.9 Å². The van der Waals surface area contributed by atoms with E-state index in [0.29, 0.717) is 87.0 Å². The third kappa shape index (κ3) is 8.49. The van der Waals surface area contributed by atoms with Crippen molar-refractivity contribution in [3.8, 4) is 0 Å². The van der Waals surface area contributed by atoms with E-state index in [1.165, 1.54) is 36.9 Å². The van der Waals surface area contributed by atoms with Crippen molar-refractivity contribution < 1.29 is 45.5 Å². The molecule has 0 spiro atoms. The average Bonchev–Trinajstić information content (AvgIpc) is 2.25. The molecule has 0 saturated carbocycles. The number of nitrogens with two attached hydrogens (primary N) is 1. The largest absolute Gasteiger partial charge is 0.463 e. The highest BCUT2D eigenvalue weighted by atomic mass is 19.1. The van der Waals surface area contributed by atoms with Crippen LogP contribution in [0.2, 0.25) is 0 Å². The minimum Gasteiger partial charge on any atom is -0.463 e. The molecule has 14 aromatic rings. The highest BCUT2D eigenvalue weighted by molar-refractivity contribution is 6.27. The molecule has 0 unspecified atom stereocenters. The number of rotatable bonds is 5. The monoisotopic (exact) mass is 1100 g/mol. The molecule has 2 amide bonds. The van der Waals surface area contributed by atoms with Crippen molar-refractivity contribution in [3.05, 3.63) is 166 Å². The summed E-state index contributed by atoms with van der Waals surface area (Å²) >= 11 is 0. The highest BCUT2D eigenvalue weighted by Gasteiger charge is 2.36. The molecule has 0 aliphatic rings. The maximum Gasteiger partial charge on any atom is 0.427 e. The van der Waals surface area contributed by atoms with Gasteiger partial charge >= 0.3 is 23.4 Å². The van der Waals surface area contributed by atoms with Crippen LogP contribution in [0.4, 0.5) is 30.3 Å². The van der Waals surface area contributed by atoms with Crippen LogP contribution >= 0.6 is 0 Å². The summed E-state index contributed by atoms with van der Waals surface area (Å²) in [6.45, 7) is 9.96. The first kappa shape index (κ1) is 50.8. The lowest BCUT2D eigenvalue weighted by atomic mass is 10.1. The Morgan fingerprint density at radius 1 is 0.561 bits per heavy atom. The number of nitrogen functional groups attached to an aromatic ring is 1. The molecule has 22 heteroatoms. The first-order valence-corrected chi connectivity index (χ1v) is 25.6. The van der Waals surface area contributed by atoms with Gasteiger partial charge in [0.25, 0.3) is 0 Å². The second kappa shape index (κ2) is 18.8. The molecule has 0 radical (unpaired) electrons. The van der Waals surface area contributed by atoms with Gasteiger partial charge in [0.2, 0.25) is 23.3 Å². The first-order chi connectivity index (χ1) is 39.3. The summed E-state index contributed by atoms with van der Waals surface area (Å²) in [5.74, 6) is -1.22. The molecule has 0 atom stereocenters. The molecular formula is C60H44F2N10O10. The zero-order valence-corrected chi connectivity index (χ0v) is 44.4. The predicted octanol–water partition coefficient (Wildman–Crippen LogP) is 12.6. The van der Waals surface area contributed by atoms with Gasteiger partial charge in [-0.15, -0.1) is 4.90 Å². The fourth-order valence-corrected chi connectivity index (χ4v) is 10.5. The average molecular weight is 1100 g/mol. The Hall–Kier alpha value is -10.6. The van der Waals surface area contributed by atoms with E-state index in [0.717, 1.165) is 5.39 Å². The summed E-state index contributed by atoms with van der Waals surface area (Å²) < 4.78 is 67.7. The van der Waals surface area contributed by atoms with Crippen molar-refractivity contribution in [1.82, 2.24) is 39.0 Å². The van der Waals surface area contributed by atoms with Crippen molar-refractivity contribution in [2.45, 2.75) is 65.8 Å². The van der Waals surface area contributed by atoms with Crippen LogP contribution in [0.15, 0.2) is 149 Å². The van der Waals surface area contributed by atoms with E-state index >= 15 is 8.78 Å². The zero-order chi connectivity index (χ0) is 57.1. The number of carbonyl (C=O) groups is 2. The van der Waals surface area contributed by atoms with E-state index in [2.05, 4.69) is 29.9 Å². The van der Waals surface area contributed by atoms with Crippen LogP contribution in [-0.4, -0.2) is 62.4 Å². The Morgan fingerprint density at radius 2 is 1.00 bits per heavy atom. The molecule has 2 N–H and O–H groups in total. The molecular weight excluding hydrogens is 1060 g/mol. The SMILES string of the molecule is CC(C)(C)OC(=O)N(C(=O)OC(C)(C)C)c1nc(Cn2c3cc(F)c4ccoc4c3c3c4cccnc4oc(=O)c32)c2ccccc2n1.Nc1nc(Cn2c3cc(F)c4ccoc4c3c3c4cccnc4oc(=O)c32)c2ccccc2n1. The highest BCUT2D eigenvalue weighted by Crippen LogP contribution is 2.41. The van der Waals surface area contributed by atoms with Crippen LogP contribution in [0.25, 0.3) is 110 Å². The number of para-hydroxylation sites is 2. The summed E-state index contributed by atoms with van der Waals surface area (Å²) in [4.78, 5) is 81.0. The van der Waals surface area contributed by atoms with Gasteiger partial charge in [-0.1, -0.05) is 36.4 Å². The number of anilines is 2. The zero-order valence-electron chi connectivity index (χ0n) is 44.4. The lowest BCUT2D eigenvalue weighted by Gasteiger charge is -2.27. The molecule has 0 saturated heterocycles. The summed E-state index contributed by atoms with van der Waals surface area (Å²) in [6, 6.07) is 27.3. The second-order valence-electron chi connectivity index (χ2n) is 21.3. The van der Waals surface area contributed by atoms with Crippen LogP contribution < -0.4 is 21.9 Å². The number of furan rings is 2. The third-order valence-electron chi connectivity index (χ3n) is 13.6. The molecule has 408 valence electrons. The van der Waals surface area contributed by atoms with Crippen molar-refractivity contribution in [1.29, 1.82) is 0 Å². The molecule has 10 heterocycles. The maximum atomic E-state index is 15.6. The van der Waals surface area contributed by atoms with Crippen LogP contribution in [0, 0.1) is 11.6 Å². The molecule has 0 fully saturated rings. The van der Waals surface area contributed by atoms with E-state index < -0.39 is 46.3 Å². The van der Waals surface area contributed by atoms with E-state index in [9.17, 15) is 19.2 Å². The van der Waals surface area contributed by atoms with E-state index in [4.69, 9.17) is 32.9 Å². The molecule has 0 aliphatic heterocycles. The van der Waals surface area contributed by atoms with Crippen LogP contribution in [-0.2, 0) is 22.6 Å². The Balaban J connectivity index is 0.000000163. The number of halogens is 2. The predicted molar refractivity (Wildman–Crippen MR) is 303 cm³/mol. The molecule has 20 nitrogen and oxygen atoms in total. The molecule has 0 aliphatic carbocycles. The molecule has 14 rings (SSSR count). The Kier molecular flexibility index (Phi) is 11.6. The van der Waals surface area contributed by atoms with Gasteiger partial charge in [0, 0.05) is 44.7 Å². The fraction of sp³-hybridized carbons (Fsp3) is 0.167. The number of carbonyl (C=O) groups excluding carboxylic acids is 2. The summed E-state index contributed by atoms with van der Waals surface area (Å²) in [5, 5.41) is 5.18. The number of hydrogen-bond donors (Lipinski definition) is 1. The smallest absolute Gasteiger partial charge is 0.427 e. The quantitative estimate of drug-likeness (QED) is 0.168. The van der Waals surface area contributed by atoms with Gasteiger partial charge in [0.15, 0.2) is 0 Å². The summed E-state index contributed by atoms with van der Waals surface area (Å²) in [7, 11) is 0. The lowest BCUT2D eigenvalue weighted by Crippen LogP contribution is -2.44. The van der Waals surface area contributed by atoms with E-state index in [1.54, 1.807) is 105 Å². The number of ether oxygens (including phenoxy) is 2. The standard InChI is InChI=1S/C35H30FN5O7.C25H14FN5O3/c1-34(2,3)47-32(43)41(33(44)48-35(4,5)6)31-38-22-12-8-7-10-19(22)23(39-31)17-40-24-16-21(36)18-13-15-45-28(18)26(24)25-20-11-9-14-37-29(20)46-30(42)27(25)40;26-15-10-18-20(22-12(15)7-9-33-22)19-14-5-3-8-28-23(14)34-24(32)21(19)31(18)11-17-13-4-1-2-6-16(13)29-25(27)30-17/h7-16H,17H2,1-6H3;1-10H,11H2,(H2,27,29,30). The fourth-order valence-electron chi connectivity index (χ4n) is 10.5. The number of aromatic nitrogens is 8. The van der Waals surface area contributed by atoms with Gasteiger partial charge in [-0.3, -0.25) is 0 Å². The van der Waals surface area contributed by atoms with Gasteiger partial charge in [-0.05, 0) is 102 Å². The Bertz CT molecular complexity index is 5120. The maximum absolute atomic E-state index is 15.6. The number of fused-ring (bicyclic) bond motifs is 16. The Labute approximate surface area is 458 Å². The number of imide groups is 1. The minimum atomic E-state index is -1.04. The molecule has 0 bridgehead atoms. The van der Waals surface area contributed by atoms with E-state index in [-0.39, 0.29) is 58.4 Å². The van der Waals surface area contributed by atoms with Gasteiger partial charge in [-0.2, -0.15) is 0 Å². The normalized spacial score (nSPS) is 12.2. The summed E-state index contributed by atoms with van der Waals surface area (Å²) in [5.41, 5.74) is 6.77. The number of pyridine rings is 2. The van der Waals surface area contributed by atoms with Crippen LogP contribution in [0.3, 0.4) is 0 Å². The number of nitrogens with zero attached hydrogens (tertiary/aromatic N) is 9. The van der Waals surface area contributed by atoms with Gasteiger partial charge in [0.05, 0.1) is 80.6 Å². The minimum absolute atomic E-state index is 0.107. The topological polar surface area (TPSA) is 256 Å². The van der Waals surface area contributed by atoms with Gasteiger partial charge in [0.1, 0.15) is 45.0 Å². The number of amides is 2. The summed E-state index contributed by atoms with van der Waals surface area (Å²) in [6.07, 6.45) is 3.78. The Morgan fingerprint density at radius 3 is 1.48 bits per heavy atom. The molecule has 4 aromatic carbocycles. The lowest BCUT2D eigenvalue weighted by molar-refractivity contribution is 0.0427. The van der Waals surface area contributed by atoms with Crippen molar-refractivity contribution >= 4 is 134 Å². The molecule has 82 heavy (non-hydrogen) atoms.